The lowest BCUT2D eigenvalue weighted by atomic mass is 9.89. The van der Waals surface area contributed by atoms with E-state index in [9.17, 15) is 14.4 Å². The van der Waals surface area contributed by atoms with Crippen molar-refractivity contribution in [2.45, 2.75) is 45.6 Å². The third kappa shape index (κ3) is 7.10. The average Bonchev–Trinajstić information content (AvgIpc) is 3.26. The average molecular weight is 500 g/mol. The highest BCUT2D eigenvalue weighted by Crippen LogP contribution is 2.33. The second-order valence-electron chi connectivity index (χ2n) is 9.29. The van der Waals surface area contributed by atoms with E-state index in [2.05, 4.69) is 28.7 Å². The van der Waals surface area contributed by atoms with Gasteiger partial charge in [-0.15, -0.1) is 0 Å². The molecule has 0 radical (unpaired) electrons. The Hall–Kier alpha value is -3.33. The molecule has 1 aliphatic carbocycles. The molecule has 9 nitrogen and oxygen atoms in total. The Kier molecular flexibility index (Phi) is 9.93. The summed E-state index contributed by atoms with van der Waals surface area (Å²) in [5.74, 6) is -0.787. The predicted molar refractivity (Wildman–Crippen MR) is 137 cm³/mol. The van der Waals surface area contributed by atoms with Crippen molar-refractivity contribution < 1.29 is 29.3 Å². The first-order valence-electron chi connectivity index (χ1n) is 12.6. The highest BCUT2D eigenvalue weighted by Gasteiger charge is 2.26. The summed E-state index contributed by atoms with van der Waals surface area (Å²) < 4.78 is 7.96. The fourth-order valence-electron chi connectivity index (χ4n) is 5.03. The number of carboxylic acid groups (broad SMARTS) is 2. The number of carbonyl (C=O) groups excluding carboxylic acids is 1. The molecule has 4 rings (SSSR count). The van der Waals surface area contributed by atoms with Gasteiger partial charge in [-0.1, -0.05) is 38.3 Å². The minimum atomic E-state index is -1.26. The molecule has 0 unspecified atom stereocenters. The van der Waals surface area contributed by atoms with E-state index in [1.54, 1.807) is 7.11 Å². The van der Waals surface area contributed by atoms with Crippen molar-refractivity contribution in [2.75, 3.05) is 39.8 Å². The molecule has 1 saturated heterocycles. The van der Waals surface area contributed by atoms with Crippen LogP contribution in [0, 0.1) is 5.92 Å². The summed E-state index contributed by atoms with van der Waals surface area (Å²) in [4.78, 5) is 36.9. The number of amides is 1. The van der Waals surface area contributed by atoms with Crippen LogP contribution in [-0.4, -0.2) is 82.3 Å². The van der Waals surface area contributed by atoms with Gasteiger partial charge in [-0.3, -0.25) is 4.79 Å². The molecule has 0 atom stereocenters. The minimum Gasteiger partial charge on any atom is -0.495 e. The fourth-order valence-corrected chi connectivity index (χ4v) is 5.03. The smallest absolute Gasteiger partial charge is 0.328 e. The second-order valence-corrected chi connectivity index (χ2v) is 9.29. The van der Waals surface area contributed by atoms with Crippen LogP contribution in [0.5, 0.6) is 5.75 Å². The summed E-state index contributed by atoms with van der Waals surface area (Å²) >= 11 is 0. The van der Waals surface area contributed by atoms with E-state index in [-0.39, 0.29) is 5.91 Å². The van der Waals surface area contributed by atoms with Crippen molar-refractivity contribution in [3.63, 3.8) is 0 Å². The van der Waals surface area contributed by atoms with Crippen molar-refractivity contribution in [3.05, 3.63) is 42.1 Å². The lowest BCUT2D eigenvalue weighted by Crippen LogP contribution is -2.48. The van der Waals surface area contributed by atoms with Gasteiger partial charge in [0.1, 0.15) is 5.75 Å². The molecule has 2 fully saturated rings. The summed E-state index contributed by atoms with van der Waals surface area (Å²) in [5, 5.41) is 16.7. The zero-order chi connectivity index (χ0) is 26.1. The van der Waals surface area contributed by atoms with E-state index in [0.29, 0.717) is 18.1 Å². The van der Waals surface area contributed by atoms with Crippen molar-refractivity contribution in [1.82, 2.24) is 14.4 Å². The summed E-state index contributed by atoms with van der Waals surface area (Å²) in [6.45, 7) is 7.77. The Morgan fingerprint density at radius 3 is 2.19 bits per heavy atom. The molecule has 196 valence electrons. The lowest BCUT2D eigenvalue weighted by Gasteiger charge is -2.34. The highest BCUT2D eigenvalue weighted by atomic mass is 16.5. The number of para-hydroxylation sites is 1. The van der Waals surface area contributed by atoms with Crippen molar-refractivity contribution >= 4 is 28.7 Å². The van der Waals surface area contributed by atoms with E-state index >= 15 is 0 Å². The number of benzene rings is 1. The fraction of sp³-hybridized carbons (Fsp3) is 0.519. The number of piperazine rings is 1. The maximum Gasteiger partial charge on any atom is 0.328 e. The van der Waals surface area contributed by atoms with Gasteiger partial charge in [0.15, 0.2) is 0 Å². The molecule has 1 saturated carbocycles. The van der Waals surface area contributed by atoms with Gasteiger partial charge in [0.25, 0.3) is 5.91 Å². The van der Waals surface area contributed by atoms with Crippen LogP contribution in [0.1, 0.15) is 49.4 Å². The van der Waals surface area contributed by atoms with Crippen molar-refractivity contribution in [1.29, 1.82) is 0 Å². The number of likely N-dealkylation sites (N-methyl/N-ethyl adjacent to an activating group) is 1. The van der Waals surface area contributed by atoms with E-state index in [0.717, 1.165) is 61.5 Å². The molecule has 1 aliphatic heterocycles. The number of aliphatic carboxylic acids is 2. The Morgan fingerprint density at radius 1 is 1.00 bits per heavy atom. The molecule has 0 spiro atoms. The molecule has 1 aromatic carbocycles. The number of hydrogen-bond donors (Lipinski definition) is 2. The summed E-state index contributed by atoms with van der Waals surface area (Å²) in [5.41, 5.74) is 1.90. The largest absolute Gasteiger partial charge is 0.495 e. The molecule has 1 aromatic heterocycles. The minimum absolute atomic E-state index is 0.163. The van der Waals surface area contributed by atoms with E-state index in [1.807, 2.05) is 17.0 Å². The molecule has 1 amide bonds. The number of nitrogens with zero attached hydrogens (tertiary/aromatic N) is 3. The number of ether oxygens (including phenoxy) is 1. The van der Waals surface area contributed by atoms with Gasteiger partial charge in [0.05, 0.1) is 18.2 Å². The third-order valence-corrected chi connectivity index (χ3v) is 6.97. The van der Waals surface area contributed by atoms with E-state index < -0.39 is 11.9 Å². The molecule has 2 aromatic rings. The molecule has 2 aliphatic rings. The molecule has 2 heterocycles. The SMILES string of the molecule is CCN1CCN(C(=O)c2cn(CC3CCCCC3)c3c(OC)cccc23)CC1.O=C(O)/C=C\C(=O)O. The molecular weight excluding hydrogens is 462 g/mol. The normalized spacial score (nSPS) is 17.1. The van der Waals surface area contributed by atoms with Crippen LogP contribution >= 0.6 is 0 Å². The molecular formula is C27H37N3O6. The van der Waals surface area contributed by atoms with Crippen molar-refractivity contribution in [3.8, 4) is 5.75 Å². The first-order valence-corrected chi connectivity index (χ1v) is 12.6. The lowest BCUT2D eigenvalue weighted by molar-refractivity contribution is -0.134. The first-order chi connectivity index (χ1) is 17.3. The summed E-state index contributed by atoms with van der Waals surface area (Å²) in [7, 11) is 1.72. The third-order valence-electron chi connectivity index (χ3n) is 6.97. The Morgan fingerprint density at radius 2 is 1.64 bits per heavy atom. The molecule has 36 heavy (non-hydrogen) atoms. The van der Waals surface area contributed by atoms with Crippen LogP contribution < -0.4 is 4.74 Å². The number of rotatable bonds is 7. The standard InChI is InChI=1S/C23H33N3O2.C4H4O4/c1-3-24-12-14-25(15-13-24)23(27)20-17-26(16-18-8-5-4-6-9-18)22-19(20)10-7-11-21(22)28-2;5-3(6)1-2-4(7)8/h7,10-11,17-18H,3-6,8-9,12-16H2,1-2H3;1-2H,(H,5,6)(H,7,8)/b;2-1-. The van der Waals surface area contributed by atoms with E-state index in [1.165, 1.54) is 32.1 Å². The van der Waals surface area contributed by atoms with Gasteiger partial charge in [0, 0.05) is 56.5 Å². The van der Waals surface area contributed by atoms with E-state index in [4.69, 9.17) is 14.9 Å². The van der Waals surface area contributed by atoms with Gasteiger partial charge in [0.2, 0.25) is 0 Å². The second kappa shape index (κ2) is 13.1. The Labute approximate surface area is 211 Å². The number of carboxylic acids is 2. The maximum atomic E-state index is 13.4. The number of fused-ring (bicyclic) bond motifs is 1. The first kappa shape index (κ1) is 27.3. The molecule has 9 heteroatoms. The number of carbonyl (C=O) groups is 3. The zero-order valence-corrected chi connectivity index (χ0v) is 21.2. The van der Waals surface area contributed by atoms with Crippen molar-refractivity contribution in [2.24, 2.45) is 5.92 Å². The highest BCUT2D eigenvalue weighted by molar-refractivity contribution is 6.08. The number of aromatic nitrogens is 1. The predicted octanol–water partition coefficient (Wildman–Crippen LogP) is 3.72. The summed E-state index contributed by atoms with van der Waals surface area (Å²) in [6.07, 6.45) is 9.80. The topological polar surface area (TPSA) is 112 Å². The van der Waals surface area contributed by atoms with Crippen LogP contribution in [-0.2, 0) is 16.1 Å². The van der Waals surface area contributed by atoms with Crippen LogP contribution in [0.3, 0.4) is 0 Å². The van der Waals surface area contributed by atoms with Gasteiger partial charge >= 0.3 is 11.9 Å². The summed E-state index contributed by atoms with van der Waals surface area (Å²) in [6, 6.07) is 6.08. The Bertz CT molecular complexity index is 1060. The zero-order valence-electron chi connectivity index (χ0n) is 21.2. The van der Waals surface area contributed by atoms with Gasteiger partial charge < -0.3 is 29.3 Å². The van der Waals surface area contributed by atoms with Crippen LogP contribution in [0.15, 0.2) is 36.5 Å². The Balaban J connectivity index is 0.000000392. The van der Waals surface area contributed by atoms with Gasteiger partial charge in [-0.25, -0.2) is 9.59 Å². The van der Waals surface area contributed by atoms with Gasteiger partial charge in [-0.2, -0.15) is 0 Å². The quantitative estimate of drug-likeness (QED) is 0.559. The van der Waals surface area contributed by atoms with Gasteiger partial charge in [-0.05, 0) is 31.4 Å². The number of methoxy groups -OCH3 is 1. The maximum absolute atomic E-state index is 13.4. The van der Waals surface area contributed by atoms with Crippen LogP contribution in [0.2, 0.25) is 0 Å². The van der Waals surface area contributed by atoms with Crippen LogP contribution in [0.25, 0.3) is 10.9 Å². The molecule has 0 bridgehead atoms. The van der Waals surface area contributed by atoms with Crippen LogP contribution in [0.4, 0.5) is 0 Å². The molecule has 2 N–H and O–H groups in total. The monoisotopic (exact) mass is 499 g/mol. The number of hydrogen-bond acceptors (Lipinski definition) is 5.